The lowest BCUT2D eigenvalue weighted by Crippen LogP contribution is -2.28. The van der Waals surface area contributed by atoms with Crippen LogP contribution in [0, 0.1) is 0 Å². The van der Waals surface area contributed by atoms with E-state index in [-0.39, 0.29) is 31.2 Å². The number of imide groups is 1. The number of aromatic nitrogens is 2. The number of carbonyl (C=O) groups is 2. The van der Waals surface area contributed by atoms with Gasteiger partial charge in [-0.05, 0) is 0 Å². The van der Waals surface area contributed by atoms with Crippen LogP contribution >= 0.6 is 11.5 Å². The molecule has 2 heterocycles. The molecule has 0 bridgehead atoms. The van der Waals surface area contributed by atoms with Crippen LogP contribution in [0.4, 0.5) is 5.00 Å². The molecule has 1 saturated heterocycles. The van der Waals surface area contributed by atoms with E-state index in [4.69, 9.17) is 5.73 Å². The summed E-state index contributed by atoms with van der Waals surface area (Å²) in [6, 6.07) is 0. The fourth-order valence-electron chi connectivity index (χ4n) is 1.27. The van der Waals surface area contributed by atoms with E-state index in [2.05, 4.69) is 9.59 Å². The second-order valence-electron chi connectivity index (χ2n) is 2.96. The zero-order valence-electron chi connectivity index (χ0n) is 7.27. The van der Waals surface area contributed by atoms with E-state index >= 15 is 0 Å². The number of anilines is 1. The average Bonchev–Trinajstić information content (AvgIpc) is 2.67. The second-order valence-corrected chi connectivity index (χ2v) is 3.74. The van der Waals surface area contributed by atoms with Gasteiger partial charge in [-0.3, -0.25) is 14.5 Å². The van der Waals surface area contributed by atoms with Gasteiger partial charge in [-0.1, -0.05) is 4.49 Å². The molecule has 1 aliphatic heterocycles. The standard InChI is InChI=1S/C7H8N4O2S/c8-7-4(9-10-14-7)3-11-5(12)1-2-6(11)13/h1-3,8H2. The van der Waals surface area contributed by atoms with Gasteiger partial charge in [0, 0.05) is 24.4 Å². The molecule has 2 N–H and O–H groups in total. The Kier molecular flexibility index (Phi) is 2.16. The first-order chi connectivity index (χ1) is 6.68. The first-order valence-electron chi connectivity index (χ1n) is 4.08. The largest absolute Gasteiger partial charge is 0.388 e. The predicted molar refractivity (Wildman–Crippen MR) is 49.1 cm³/mol. The van der Waals surface area contributed by atoms with Crippen molar-refractivity contribution in [1.82, 2.24) is 14.5 Å². The highest BCUT2D eigenvalue weighted by atomic mass is 32.1. The van der Waals surface area contributed by atoms with E-state index in [1.807, 2.05) is 0 Å². The zero-order valence-corrected chi connectivity index (χ0v) is 8.08. The number of carbonyl (C=O) groups excluding carboxylic acids is 2. The Morgan fingerprint density at radius 3 is 2.50 bits per heavy atom. The summed E-state index contributed by atoms with van der Waals surface area (Å²) in [6.45, 7) is 0.153. The molecule has 74 valence electrons. The Morgan fingerprint density at radius 1 is 1.36 bits per heavy atom. The zero-order chi connectivity index (χ0) is 10.1. The predicted octanol–water partition coefficient (Wildman–Crippen LogP) is -0.231. The molecule has 1 aromatic heterocycles. The molecule has 14 heavy (non-hydrogen) atoms. The summed E-state index contributed by atoms with van der Waals surface area (Å²) >= 11 is 1.06. The first kappa shape index (κ1) is 9.07. The first-order valence-corrected chi connectivity index (χ1v) is 4.85. The summed E-state index contributed by atoms with van der Waals surface area (Å²) in [6.07, 6.45) is 0.576. The maximum absolute atomic E-state index is 11.2. The van der Waals surface area contributed by atoms with Crippen LogP contribution in [0.1, 0.15) is 18.5 Å². The highest BCUT2D eigenvalue weighted by Crippen LogP contribution is 2.19. The molecule has 2 amide bonds. The Morgan fingerprint density at radius 2 is 2.00 bits per heavy atom. The van der Waals surface area contributed by atoms with Crippen molar-refractivity contribution in [3.05, 3.63) is 5.69 Å². The van der Waals surface area contributed by atoms with Crippen LogP contribution in [0.15, 0.2) is 0 Å². The monoisotopic (exact) mass is 212 g/mol. The van der Waals surface area contributed by atoms with Gasteiger partial charge >= 0.3 is 0 Å². The minimum Gasteiger partial charge on any atom is -0.388 e. The summed E-state index contributed by atoms with van der Waals surface area (Å²) in [5.41, 5.74) is 6.05. The minimum absolute atomic E-state index is 0.153. The van der Waals surface area contributed by atoms with Gasteiger partial charge in [-0.25, -0.2) is 0 Å². The fourth-order valence-corrected chi connectivity index (χ4v) is 1.71. The van der Waals surface area contributed by atoms with E-state index in [0.29, 0.717) is 10.7 Å². The molecule has 0 radical (unpaired) electrons. The summed E-state index contributed by atoms with van der Waals surface area (Å²) in [4.78, 5) is 23.7. The van der Waals surface area contributed by atoms with Crippen molar-refractivity contribution in [3.63, 3.8) is 0 Å². The highest BCUT2D eigenvalue weighted by molar-refractivity contribution is 7.09. The van der Waals surface area contributed by atoms with Gasteiger partial charge < -0.3 is 5.73 Å². The molecule has 0 aromatic carbocycles. The number of hydrogen-bond donors (Lipinski definition) is 1. The van der Waals surface area contributed by atoms with Gasteiger partial charge in [-0.15, -0.1) is 5.10 Å². The van der Waals surface area contributed by atoms with Crippen LogP contribution in [0.2, 0.25) is 0 Å². The molecule has 1 aromatic rings. The number of amides is 2. The smallest absolute Gasteiger partial charge is 0.230 e. The summed E-state index contributed by atoms with van der Waals surface area (Å²) in [7, 11) is 0. The van der Waals surface area contributed by atoms with E-state index < -0.39 is 0 Å². The summed E-state index contributed by atoms with van der Waals surface area (Å²) < 4.78 is 3.63. The SMILES string of the molecule is Nc1snnc1CN1C(=O)CCC1=O. The lowest BCUT2D eigenvalue weighted by molar-refractivity contribution is -0.139. The lowest BCUT2D eigenvalue weighted by Gasteiger charge is -2.11. The molecule has 0 unspecified atom stereocenters. The van der Waals surface area contributed by atoms with Gasteiger partial charge in [-0.2, -0.15) is 0 Å². The molecular weight excluding hydrogens is 204 g/mol. The van der Waals surface area contributed by atoms with Crippen molar-refractivity contribution >= 4 is 28.3 Å². The van der Waals surface area contributed by atoms with E-state index in [1.165, 1.54) is 4.90 Å². The molecule has 0 spiro atoms. The molecule has 1 fully saturated rings. The lowest BCUT2D eigenvalue weighted by atomic mass is 10.4. The normalized spacial score (nSPS) is 16.7. The van der Waals surface area contributed by atoms with Gasteiger partial charge in [0.15, 0.2) is 0 Å². The molecular formula is C7H8N4O2S. The number of rotatable bonds is 2. The minimum atomic E-state index is -0.164. The van der Waals surface area contributed by atoms with Crippen LogP contribution in [-0.2, 0) is 16.1 Å². The molecule has 0 aliphatic carbocycles. The molecule has 7 heteroatoms. The molecule has 0 atom stereocenters. The maximum Gasteiger partial charge on any atom is 0.230 e. The number of nitrogens with zero attached hydrogens (tertiary/aromatic N) is 3. The number of nitrogen functional groups attached to an aromatic ring is 1. The van der Waals surface area contributed by atoms with Crippen LogP contribution in [0.25, 0.3) is 0 Å². The molecule has 1 aliphatic rings. The Hall–Kier alpha value is -1.50. The van der Waals surface area contributed by atoms with Crippen molar-refractivity contribution in [3.8, 4) is 0 Å². The topological polar surface area (TPSA) is 89.2 Å². The van der Waals surface area contributed by atoms with Crippen molar-refractivity contribution < 1.29 is 9.59 Å². The maximum atomic E-state index is 11.2. The Labute approximate surface area is 83.9 Å². The Bertz CT molecular complexity index is 373. The molecule has 0 saturated carbocycles. The van der Waals surface area contributed by atoms with Gasteiger partial charge in [0.1, 0.15) is 10.7 Å². The highest BCUT2D eigenvalue weighted by Gasteiger charge is 2.29. The van der Waals surface area contributed by atoms with Crippen LogP contribution in [0.5, 0.6) is 0 Å². The van der Waals surface area contributed by atoms with Crippen LogP contribution in [0.3, 0.4) is 0 Å². The van der Waals surface area contributed by atoms with Crippen LogP contribution in [-0.4, -0.2) is 26.3 Å². The number of likely N-dealkylation sites (tertiary alicyclic amines) is 1. The average molecular weight is 212 g/mol. The van der Waals surface area contributed by atoms with E-state index in [0.717, 1.165) is 11.5 Å². The van der Waals surface area contributed by atoms with E-state index in [1.54, 1.807) is 0 Å². The van der Waals surface area contributed by atoms with Crippen molar-refractivity contribution in [2.75, 3.05) is 5.73 Å². The van der Waals surface area contributed by atoms with Gasteiger partial charge in [0.25, 0.3) is 0 Å². The number of hydrogen-bond acceptors (Lipinski definition) is 6. The van der Waals surface area contributed by atoms with Crippen molar-refractivity contribution in [2.24, 2.45) is 0 Å². The van der Waals surface area contributed by atoms with Gasteiger partial charge in [0.05, 0.1) is 6.54 Å². The van der Waals surface area contributed by atoms with Crippen molar-refractivity contribution in [2.45, 2.75) is 19.4 Å². The van der Waals surface area contributed by atoms with Gasteiger partial charge in [0.2, 0.25) is 11.8 Å². The van der Waals surface area contributed by atoms with E-state index in [9.17, 15) is 9.59 Å². The molecule has 2 rings (SSSR count). The third-order valence-electron chi connectivity index (χ3n) is 2.05. The third kappa shape index (κ3) is 1.46. The van der Waals surface area contributed by atoms with Crippen molar-refractivity contribution in [1.29, 1.82) is 0 Å². The summed E-state index contributed by atoms with van der Waals surface area (Å²) in [5, 5.41) is 4.20. The number of nitrogens with two attached hydrogens (primary N) is 1. The second kappa shape index (κ2) is 3.33. The quantitative estimate of drug-likeness (QED) is 0.684. The summed E-state index contributed by atoms with van der Waals surface area (Å²) in [5.74, 6) is -0.329. The fraction of sp³-hybridized carbons (Fsp3) is 0.429. The third-order valence-corrected chi connectivity index (χ3v) is 2.64. The van der Waals surface area contributed by atoms with Crippen LogP contribution < -0.4 is 5.73 Å². The Balaban J connectivity index is 2.15. The molecule has 6 nitrogen and oxygen atoms in total.